The van der Waals surface area contributed by atoms with Gasteiger partial charge in [-0.3, -0.25) is 10.1 Å². The third-order valence-electron chi connectivity index (χ3n) is 3.44. The lowest BCUT2D eigenvalue weighted by atomic mass is 9.91. The number of alkyl carbamates (subject to hydrolysis) is 1. The van der Waals surface area contributed by atoms with Gasteiger partial charge in [-0.15, -0.1) is 0 Å². The standard InChI is InChI=1S/C17H24N2O6/c1-5-6-12(10-18-16(22)25-17(2,3)4)13-9-11(15(20)21)7-8-14(13)19(23)24/h7-9,12H,5-6,10H2,1-4H3,(H,18,22)(H,20,21). The molecule has 0 bridgehead atoms. The molecule has 1 amide bonds. The molecule has 0 aromatic heterocycles. The van der Waals surface area contributed by atoms with Crippen molar-refractivity contribution in [1.29, 1.82) is 0 Å². The zero-order valence-electron chi connectivity index (χ0n) is 14.9. The molecular weight excluding hydrogens is 328 g/mol. The predicted octanol–water partition coefficient (Wildman–Crippen LogP) is 3.70. The van der Waals surface area contributed by atoms with Crippen molar-refractivity contribution in [3.8, 4) is 0 Å². The van der Waals surface area contributed by atoms with E-state index < -0.39 is 28.5 Å². The molecule has 1 atom stereocenters. The van der Waals surface area contributed by atoms with Gasteiger partial charge in [0.15, 0.2) is 0 Å². The maximum absolute atomic E-state index is 11.8. The first-order chi connectivity index (χ1) is 11.5. The zero-order chi connectivity index (χ0) is 19.2. The monoisotopic (exact) mass is 352 g/mol. The van der Waals surface area contributed by atoms with Crippen LogP contribution in [-0.2, 0) is 4.74 Å². The fraction of sp³-hybridized carbons (Fsp3) is 0.529. The van der Waals surface area contributed by atoms with Crippen molar-refractivity contribution in [2.45, 2.75) is 52.1 Å². The summed E-state index contributed by atoms with van der Waals surface area (Å²) in [7, 11) is 0. The summed E-state index contributed by atoms with van der Waals surface area (Å²) in [6, 6.07) is 3.70. The van der Waals surface area contributed by atoms with Crippen LogP contribution in [0.4, 0.5) is 10.5 Å². The third-order valence-corrected chi connectivity index (χ3v) is 3.44. The number of nitrogens with one attached hydrogen (secondary N) is 1. The lowest BCUT2D eigenvalue weighted by Crippen LogP contribution is -2.35. The van der Waals surface area contributed by atoms with Gasteiger partial charge in [-0.1, -0.05) is 13.3 Å². The number of hydrogen-bond donors (Lipinski definition) is 2. The van der Waals surface area contributed by atoms with Crippen LogP contribution in [0.3, 0.4) is 0 Å². The van der Waals surface area contributed by atoms with Crippen LogP contribution in [0.1, 0.15) is 62.4 Å². The normalized spacial score (nSPS) is 12.3. The first-order valence-electron chi connectivity index (χ1n) is 8.03. The SMILES string of the molecule is CCCC(CNC(=O)OC(C)(C)C)c1cc(C(=O)O)ccc1[N+](=O)[O-]. The topological polar surface area (TPSA) is 119 Å². The number of amides is 1. The molecule has 8 heteroatoms. The number of hydrogen-bond acceptors (Lipinski definition) is 5. The van der Waals surface area contributed by atoms with Gasteiger partial charge in [0.25, 0.3) is 5.69 Å². The van der Waals surface area contributed by atoms with E-state index in [-0.39, 0.29) is 17.8 Å². The van der Waals surface area contributed by atoms with Crippen molar-refractivity contribution in [1.82, 2.24) is 5.32 Å². The minimum absolute atomic E-state index is 0.0287. The molecule has 0 aliphatic rings. The number of nitro benzene ring substituents is 1. The number of carboxylic acids is 1. The summed E-state index contributed by atoms with van der Waals surface area (Å²) in [5, 5.41) is 23.0. The Bertz CT molecular complexity index is 651. The van der Waals surface area contributed by atoms with Crippen LogP contribution in [0, 0.1) is 10.1 Å². The van der Waals surface area contributed by atoms with E-state index in [1.165, 1.54) is 18.2 Å². The van der Waals surface area contributed by atoms with E-state index in [9.17, 15) is 19.7 Å². The molecule has 1 aromatic carbocycles. The highest BCUT2D eigenvalue weighted by molar-refractivity contribution is 5.88. The number of aromatic carboxylic acids is 1. The Kier molecular flexibility index (Phi) is 6.90. The van der Waals surface area contributed by atoms with Crippen LogP contribution in [0.25, 0.3) is 0 Å². The summed E-state index contributed by atoms with van der Waals surface area (Å²) in [6.45, 7) is 7.23. The van der Waals surface area contributed by atoms with Gasteiger partial charge in [-0.25, -0.2) is 9.59 Å². The minimum Gasteiger partial charge on any atom is -0.478 e. The van der Waals surface area contributed by atoms with E-state index in [1.54, 1.807) is 20.8 Å². The Balaban J connectivity index is 3.08. The second-order valence-corrected chi connectivity index (χ2v) is 6.70. The molecular formula is C17H24N2O6. The Morgan fingerprint density at radius 2 is 2.00 bits per heavy atom. The Labute approximate surface area is 146 Å². The molecule has 0 saturated heterocycles. The first kappa shape index (κ1) is 20.4. The van der Waals surface area contributed by atoms with Gasteiger partial charge in [-0.05, 0) is 39.3 Å². The molecule has 1 rings (SSSR count). The molecule has 1 aromatic rings. The van der Waals surface area contributed by atoms with Crippen LogP contribution >= 0.6 is 0 Å². The molecule has 25 heavy (non-hydrogen) atoms. The second-order valence-electron chi connectivity index (χ2n) is 6.70. The predicted molar refractivity (Wildman–Crippen MR) is 91.9 cm³/mol. The number of nitro groups is 1. The number of carbonyl (C=O) groups excluding carboxylic acids is 1. The fourth-order valence-corrected chi connectivity index (χ4v) is 2.42. The number of ether oxygens (including phenoxy) is 1. The van der Waals surface area contributed by atoms with Crippen molar-refractivity contribution in [3.05, 3.63) is 39.4 Å². The first-order valence-corrected chi connectivity index (χ1v) is 8.03. The quantitative estimate of drug-likeness (QED) is 0.570. The van der Waals surface area contributed by atoms with E-state index in [0.717, 1.165) is 6.42 Å². The summed E-state index contributed by atoms with van der Waals surface area (Å²) in [5.74, 6) is -1.55. The molecule has 0 aliphatic carbocycles. The third kappa shape index (κ3) is 6.40. The van der Waals surface area contributed by atoms with Crippen LogP contribution < -0.4 is 5.32 Å². The van der Waals surface area contributed by atoms with Crippen LogP contribution in [0.15, 0.2) is 18.2 Å². The lowest BCUT2D eigenvalue weighted by Gasteiger charge is -2.22. The Morgan fingerprint density at radius 1 is 1.36 bits per heavy atom. The lowest BCUT2D eigenvalue weighted by molar-refractivity contribution is -0.385. The number of rotatable bonds is 7. The van der Waals surface area contributed by atoms with Gasteiger partial charge in [0.05, 0.1) is 10.5 Å². The Morgan fingerprint density at radius 3 is 2.48 bits per heavy atom. The number of carbonyl (C=O) groups is 2. The molecule has 1 unspecified atom stereocenters. The highest BCUT2D eigenvalue weighted by atomic mass is 16.6. The van der Waals surface area contributed by atoms with Crippen LogP contribution in [0.5, 0.6) is 0 Å². The average Bonchev–Trinajstić information content (AvgIpc) is 2.48. The number of nitrogens with zero attached hydrogens (tertiary/aromatic N) is 1. The van der Waals surface area contributed by atoms with Gasteiger partial charge >= 0.3 is 12.1 Å². The Hall–Kier alpha value is -2.64. The largest absolute Gasteiger partial charge is 0.478 e. The zero-order valence-corrected chi connectivity index (χ0v) is 14.9. The summed E-state index contributed by atoms with van der Waals surface area (Å²) >= 11 is 0. The van der Waals surface area contributed by atoms with E-state index in [1.807, 2.05) is 6.92 Å². The molecule has 0 heterocycles. The van der Waals surface area contributed by atoms with Gasteiger partial charge in [0.1, 0.15) is 5.60 Å². The number of benzene rings is 1. The van der Waals surface area contributed by atoms with Crippen molar-refractivity contribution >= 4 is 17.7 Å². The van der Waals surface area contributed by atoms with Crippen molar-refractivity contribution < 1.29 is 24.4 Å². The highest BCUT2D eigenvalue weighted by Crippen LogP contribution is 2.30. The molecule has 2 N–H and O–H groups in total. The second kappa shape index (κ2) is 8.46. The summed E-state index contributed by atoms with van der Waals surface area (Å²) in [4.78, 5) is 33.7. The fourth-order valence-electron chi connectivity index (χ4n) is 2.42. The molecule has 0 radical (unpaired) electrons. The van der Waals surface area contributed by atoms with Crippen LogP contribution in [-0.4, -0.2) is 34.2 Å². The van der Waals surface area contributed by atoms with E-state index in [4.69, 9.17) is 9.84 Å². The van der Waals surface area contributed by atoms with Crippen LogP contribution in [0.2, 0.25) is 0 Å². The minimum atomic E-state index is -1.16. The van der Waals surface area contributed by atoms with Crippen molar-refractivity contribution in [2.75, 3.05) is 6.54 Å². The van der Waals surface area contributed by atoms with Crippen molar-refractivity contribution in [3.63, 3.8) is 0 Å². The molecule has 8 nitrogen and oxygen atoms in total. The molecule has 138 valence electrons. The maximum Gasteiger partial charge on any atom is 0.407 e. The molecule has 0 spiro atoms. The highest BCUT2D eigenvalue weighted by Gasteiger charge is 2.25. The molecule has 0 fully saturated rings. The van der Waals surface area contributed by atoms with Gasteiger partial charge in [0, 0.05) is 24.1 Å². The van der Waals surface area contributed by atoms with E-state index in [2.05, 4.69) is 5.32 Å². The van der Waals surface area contributed by atoms with Gasteiger partial charge in [0.2, 0.25) is 0 Å². The molecule has 0 aliphatic heterocycles. The molecule has 0 saturated carbocycles. The number of carboxylic acid groups (broad SMARTS) is 1. The summed E-state index contributed by atoms with van der Waals surface area (Å²) in [5.41, 5.74) is -0.546. The summed E-state index contributed by atoms with van der Waals surface area (Å²) < 4.78 is 5.16. The smallest absolute Gasteiger partial charge is 0.407 e. The van der Waals surface area contributed by atoms with Gasteiger partial charge < -0.3 is 15.2 Å². The average molecular weight is 352 g/mol. The van der Waals surface area contributed by atoms with Crippen molar-refractivity contribution in [2.24, 2.45) is 0 Å². The van der Waals surface area contributed by atoms with E-state index >= 15 is 0 Å². The maximum atomic E-state index is 11.8. The van der Waals surface area contributed by atoms with E-state index in [0.29, 0.717) is 12.0 Å². The summed E-state index contributed by atoms with van der Waals surface area (Å²) in [6.07, 6.45) is 0.653. The van der Waals surface area contributed by atoms with Gasteiger partial charge in [-0.2, -0.15) is 0 Å².